The number of methoxy groups -OCH3 is 1. The standard InChI is InChI=1S/C14H19N5O/c1-3-17-12(6-10-8-16-5-4-11(10)15)13-7-14(20-2)19-9-18-13/h4-5,7-9,12,17H,3,6H2,1-2H3,(H2,15,16). The number of nitrogens with two attached hydrogens (primary N) is 1. The maximum absolute atomic E-state index is 5.97. The van der Waals surface area contributed by atoms with Gasteiger partial charge in [-0.25, -0.2) is 9.97 Å². The van der Waals surface area contributed by atoms with Gasteiger partial charge in [0.2, 0.25) is 5.88 Å². The van der Waals surface area contributed by atoms with Crippen molar-refractivity contribution in [3.8, 4) is 5.88 Å². The fourth-order valence-electron chi connectivity index (χ4n) is 2.01. The summed E-state index contributed by atoms with van der Waals surface area (Å²) in [6.07, 6.45) is 5.70. The van der Waals surface area contributed by atoms with Crippen molar-refractivity contribution in [2.45, 2.75) is 19.4 Å². The number of nitrogen functional groups attached to an aromatic ring is 1. The third kappa shape index (κ3) is 3.42. The van der Waals surface area contributed by atoms with Crippen LogP contribution in [0.25, 0.3) is 0 Å². The first kappa shape index (κ1) is 14.2. The summed E-state index contributed by atoms with van der Waals surface area (Å²) in [6, 6.07) is 3.68. The summed E-state index contributed by atoms with van der Waals surface area (Å²) in [6.45, 7) is 2.88. The molecule has 0 aliphatic rings. The van der Waals surface area contributed by atoms with Crippen molar-refractivity contribution in [1.82, 2.24) is 20.3 Å². The molecule has 2 heterocycles. The second-order valence-electron chi connectivity index (χ2n) is 4.37. The van der Waals surface area contributed by atoms with E-state index in [4.69, 9.17) is 10.5 Å². The fraction of sp³-hybridized carbons (Fsp3) is 0.357. The fourth-order valence-corrected chi connectivity index (χ4v) is 2.01. The summed E-state index contributed by atoms with van der Waals surface area (Å²) >= 11 is 0. The maximum atomic E-state index is 5.97. The van der Waals surface area contributed by atoms with Gasteiger partial charge in [-0.15, -0.1) is 0 Å². The van der Waals surface area contributed by atoms with Gasteiger partial charge in [0.1, 0.15) is 6.33 Å². The van der Waals surface area contributed by atoms with Gasteiger partial charge in [-0.1, -0.05) is 6.92 Å². The topological polar surface area (TPSA) is 86.0 Å². The number of nitrogens with zero attached hydrogens (tertiary/aromatic N) is 3. The van der Waals surface area contributed by atoms with Gasteiger partial charge in [-0.3, -0.25) is 4.98 Å². The number of hydrogen-bond donors (Lipinski definition) is 2. The second-order valence-corrected chi connectivity index (χ2v) is 4.37. The number of likely N-dealkylation sites (N-methyl/N-ethyl adjacent to an activating group) is 1. The van der Waals surface area contributed by atoms with Crippen LogP contribution in [0.3, 0.4) is 0 Å². The molecular formula is C14H19N5O. The Morgan fingerprint density at radius 2 is 2.25 bits per heavy atom. The number of ether oxygens (including phenoxy) is 1. The average Bonchev–Trinajstić information content (AvgIpc) is 2.49. The molecule has 2 aromatic rings. The number of hydrogen-bond acceptors (Lipinski definition) is 6. The van der Waals surface area contributed by atoms with Crippen molar-refractivity contribution in [2.75, 3.05) is 19.4 Å². The highest BCUT2D eigenvalue weighted by Crippen LogP contribution is 2.21. The van der Waals surface area contributed by atoms with Crippen molar-refractivity contribution in [3.05, 3.63) is 42.1 Å². The first-order chi connectivity index (χ1) is 9.74. The summed E-state index contributed by atoms with van der Waals surface area (Å²) in [7, 11) is 1.59. The van der Waals surface area contributed by atoms with E-state index in [-0.39, 0.29) is 6.04 Å². The molecule has 0 aliphatic carbocycles. The number of rotatable bonds is 6. The first-order valence-corrected chi connectivity index (χ1v) is 6.52. The summed E-state index contributed by atoms with van der Waals surface area (Å²) in [5.74, 6) is 0.553. The van der Waals surface area contributed by atoms with Crippen LogP contribution in [-0.2, 0) is 6.42 Å². The highest BCUT2D eigenvalue weighted by atomic mass is 16.5. The second kappa shape index (κ2) is 6.81. The third-order valence-electron chi connectivity index (χ3n) is 3.05. The Bertz CT molecular complexity index is 561. The Labute approximate surface area is 118 Å². The predicted octanol–water partition coefficient (Wildman–Crippen LogP) is 1.36. The van der Waals surface area contributed by atoms with Gasteiger partial charge in [0.25, 0.3) is 0 Å². The van der Waals surface area contributed by atoms with Crippen molar-refractivity contribution >= 4 is 5.69 Å². The molecule has 106 valence electrons. The molecule has 3 N–H and O–H groups in total. The van der Waals surface area contributed by atoms with Crippen molar-refractivity contribution in [2.24, 2.45) is 0 Å². The van der Waals surface area contributed by atoms with E-state index < -0.39 is 0 Å². The number of anilines is 1. The van der Waals surface area contributed by atoms with E-state index in [0.29, 0.717) is 12.3 Å². The van der Waals surface area contributed by atoms with E-state index >= 15 is 0 Å². The highest BCUT2D eigenvalue weighted by Gasteiger charge is 2.15. The normalized spacial score (nSPS) is 12.1. The molecule has 0 aliphatic heterocycles. The Kier molecular flexibility index (Phi) is 4.84. The summed E-state index contributed by atoms with van der Waals surface area (Å²) in [4.78, 5) is 12.5. The Morgan fingerprint density at radius 3 is 2.95 bits per heavy atom. The number of aromatic nitrogens is 3. The van der Waals surface area contributed by atoms with Gasteiger partial charge in [-0.2, -0.15) is 0 Å². The van der Waals surface area contributed by atoms with Crippen molar-refractivity contribution in [1.29, 1.82) is 0 Å². The summed E-state index contributed by atoms with van der Waals surface area (Å²) in [5.41, 5.74) is 8.59. The molecule has 2 aromatic heterocycles. The molecule has 0 amide bonds. The quantitative estimate of drug-likeness (QED) is 0.826. The molecule has 2 rings (SSSR count). The molecule has 1 unspecified atom stereocenters. The van der Waals surface area contributed by atoms with Crippen LogP contribution >= 0.6 is 0 Å². The lowest BCUT2D eigenvalue weighted by atomic mass is 10.0. The minimum atomic E-state index is 0.0448. The van der Waals surface area contributed by atoms with Crippen LogP contribution in [0.15, 0.2) is 30.9 Å². The molecule has 0 saturated carbocycles. The van der Waals surface area contributed by atoms with E-state index in [1.54, 1.807) is 25.6 Å². The molecule has 0 radical (unpaired) electrons. The lowest BCUT2D eigenvalue weighted by Crippen LogP contribution is -2.24. The smallest absolute Gasteiger partial charge is 0.216 e. The van der Waals surface area contributed by atoms with Gasteiger partial charge in [-0.05, 0) is 24.6 Å². The predicted molar refractivity (Wildman–Crippen MR) is 77.4 cm³/mol. The molecule has 0 fully saturated rings. The van der Waals surface area contributed by atoms with Crippen LogP contribution < -0.4 is 15.8 Å². The lowest BCUT2D eigenvalue weighted by molar-refractivity contribution is 0.394. The minimum absolute atomic E-state index is 0.0448. The maximum Gasteiger partial charge on any atom is 0.216 e. The molecule has 6 nitrogen and oxygen atoms in total. The van der Waals surface area contributed by atoms with E-state index in [9.17, 15) is 0 Å². The minimum Gasteiger partial charge on any atom is -0.481 e. The van der Waals surface area contributed by atoms with Crippen LogP contribution in [0.5, 0.6) is 5.88 Å². The van der Waals surface area contributed by atoms with E-state index in [1.165, 1.54) is 6.33 Å². The third-order valence-corrected chi connectivity index (χ3v) is 3.05. The largest absolute Gasteiger partial charge is 0.481 e. The van der Waals surface area contributed by atoms with E-state index in [1.807, 2.05) is 6.07 Å². The van der Waals surface area contributed by atoms with Gasteiger partial charge in [0.15, 0.2) is 0 Å². The van der Waals surface area contributed by atoms with E-state index in [0.717, 1.165) is 23.5 Å². The first-order valence-electron chi connectivity index (χ1n) is 6.52. The zero-order chi connectivity index (χ0) is 14.4. The van der Waals surface area contributed by atoms with Gasteiger partial charge in [0, 0.05) is 24.1 Å². The van der Waals surface area contributed by atoms with Crippen LogP contribution in [0.2, 0.25) is 0 Å². The molecule has 6 heteroatoms. The Morgan fingerprint density at radius 1 is 1.40 bits per heavy atom. The Balaban J connectivity index is 2.24. The number of nitrogens with one attached hydrogen (secondary N) is 1. The average molecular weight is 273 g/mol. The molecule has 20 heavy (non-hydrogen) atoms. The van der Waals surface area contributed by atoms with Crippen LogP contribution in [0.1, 0.15) is 24.2 Å². The molecular weight excluding hydrogens is 254 g/mol. The van der Waals surface area contributed by atoms with Gasteiger partial charge >= 0.3 is 0 Å². The lowest BCUT2D eigenvalue weighted by Gasteiger charge is -2.18. The van der Waals surface area contributed by atoms with Crippen molar-refractivity contribution in [3.63, 3.8) is 0 Å². The van der Waals surface area contributed by atoms with E-state index in [2.05, 4.69) is 27.2 Å². The van der Waals surface area contributed by atoms with Gasteiger partial charge < -0.3 is 15.8 Å². The summed E-state index contributed by atoms with van der Waals surface area (Å²) in [5, 5.41) is 3.40. The SMILES string of the molecule is CCNC(Cc1cnccc1N)c1cc(OC)ncn1. The molecule has 0 spiro atoms. The van der Waals surface area contributed by atoms with Gasteiger partial charge in [0.05, 0.1) is 18.8 Å². The molecule has 1 atom stereocenters. The van der Waals surface area contributed by atoms with Crippen molar-refractivity contribution < 1.29 is 4.74 Å². The molecule has 0 aromatic carbocycles. The number of pyridine rings is 1. The monoisotopic (exact) mass is 273 g/mol. The van der Waals surface area contributed by atoms with Crippen LogP contribution in [-0.4, -0.2) is 28.6 Å². The summed E-state index contributed by atoms with van der Waals surface area (Å²) < 4.78 is 5.14. The molecule has 0 bridgehead atoms. The van der Waals surface area contributed by atoms with Crippen LogP contribution in [0.4, 0.5) is 5.69 Å². The zero-order valence-corrected chi connectivity index (χ0v) is 11.7. The highest BCUT2D eigenvalue weighted by molar-refractivity contribution is 5.45. The molecule has 0 saturated heterocycles. The zero-order valence-electron chi connectivity index (χ0n) is 11.7. The van der Waals surface area contributed by atoms with Crippen LogP contribution in [0, 0.1) is 0 Å². The Hall–Kier alpha value is -2.21.